The Morgan fingerprint density at radius 3 is 2.79 bits per heavy atom. The number of benzene rings is 1. The molecule has 0 saturated heterocycles. The lowest BCUT2D eigenvalue weighted by molar-refractivity contribution is 0.101. The van der Waals surface area contributed by atoms with Crippen LogP contribution < -0.4 is 0 Å². The predicted octanol–water partition coefficient (Wildman–Crippen LogP) is 2.58. The number of Topliss-reactive ketones (excluding diaryl/α,β-unsaturated/α-hetero) is 1. The van der Waals surface area contributed by atoms with Crippen molar-refractivity contribution in [2.75, 3.05) is 0 Å². The van der Waals surface area contributed by atoms with E-state index in [0.717, 1.165) is 0 Å². The van der Waals surface area contributed by atoms with Crippen molar-refractivity contribution in [3.05, 3.63) is 42.0 Å². The number of halogens is 1. The fourth-order valence-electron chi connectivity index (χ4n) is 1.45. The minimum absolute atomic E-state index is 0.152. The van der Waals surface area contributed by atoms with Crippen LogP contribution >= 0.6 is 0 Å². The summed E-state index contributed by atoms with van der Waals surface area (Å²) in [7, 11) is 0. The lowest BCUT2D eigenvalue weighted by Gasteiger charge is -2.02. The van der Waals surface area contributed by atoms with Gasteiger partial charge >= 0.3 is 0 Å². The molecule has 70 valence electrons. The van der Waals surface area contributed by atoms with Crippen molar-refractivity contribution >= 4 is 16.6 Å². The lowest BCUT2D eigenvalue weighted by atomic mass is 10.1. The minimum Gasteiger partial charge on any atom is -0.293 e. The molecule has 0 N–H and O–H groups in total. The predicted molar refractivity (Wildman–Crippen MR) is 51.7 cm³/mol. The minimum atomic E-state index is -0.326. The van der Waals surface area contributed by atoms with Gasteiger partial charge in [0.2, 0.25) is 0 Å². The highest BCUT2D eigenvalue weighted by Crippen LogP contribution is 2.19. The first-order valence-electron chi connectivity index (χ1n) is 4.24. The Balaban J connectivity index is 2.88. The van der Waals surface area contributed by atoms with Gasteiger partial charge < -0.3 is 0 Å². The van der Waals surface area contributed by atoms with Gasteiger partial charge in [-0.3, -0.25) is 9.78 Å². The third-order valence-corrected chi connectivity index (χ3v) is 2.09. The molecule has 0 aliphatic rings. The Morgan fingerprint density at radius 1 is 1.29 bits per heavy atom. The SMILES string of the molecule is CC(=O)c1nccc2c(F)cccc12. The van der Waals surface area contributed by atoms with Gasteiger partial charge in [-0.2, -0.15) is 0 Å². The molecule has 0 bridgehead atoms. The summed E-state index contributed by atoms with van der Waals surface area (Å²) in [4.78, 5) is 15.1. The zero-order valence-electron chi connectivity index (χ0n) is 7.62. The molecule has 1 aromatic carbocycles. The van der Waals surface area contributed by atoms with Crippen LogP contribution in [-0.4, -0.2) is 10.8 Å². The van der Waals surface area contributed by atoms with E-state index in [9.17, 15) is 9.18 Å². The van der Waals surface area contributed by atoms with Gasteiger partial charge in [0, 0.05) is 23.9 Å². The van der Waals surface area contributed by atoms with Crippen molar-refractivity contribution in [1.82, 2.24) is 4.98 Å². The maximum absolute atomic E-state index is 13.3. The molecule has 1 aromatic heterocycles. The van der Waals surface area contributed by atoms with E-state index in [1.54, 1.807) is 18.2 Å². The molecule has 2 nitrogen and oxygen atoms in total. The highest BCUT2D eigenvalue weighted by molar-refractivity contribution is 6.05. The molecule has 0 fully saturated rings. The second-order valence-corrected chi connectivity index (χ2v) is 3.05. The number of rotatable bonds is 1. The second-order valence-electron chi connectivity index (χ2n) is 3.05. The quantitative estimate of drug-likeness (QED) is 0.645. The summed E-state index contributed by atoms with van der Waals surface area (Å²) >= 11 is 0. The molecule has 0 aliphatic carbocycles. The number of nitrogens with zero attached hydrogens (tertiary/aromatic N) is 1. The number of ketones is 1. The monoisotopic (exact) mass is 189 g/mol. The average Bonchev–Trinajstić information content (AvgIpc) is 2.17. The molecule has 14 heavy (non-hydrogen) atoms. The fourth-order valence-corrected chi connectivity index (χ4v) is 1.45. The zero-order valence-corrected chi connectivity index (χ0v) is 7.62. The number of hydrogen-bond acceptors (Lipinski definition) is 2. The summed E-state index contributed by atoms with van der Waals surface area (Å²) in [5.41, 5.74) is 0.321. The van der Waals surface area contributed by atoms with E-state index in [0.29, 0.717) is 16.5 Å². The second kappa shape index (κ2) is 3.18. The van der Waals surface area contributed by atoms with Gasteiger partial charge in [-0.25, -0.2) is 4.39 Å². The van der Waals surface area contributed by atoms with Crippen LogP contribution in [0.25, 0.3) is 10.8 Å². The smallest absolute Gasteiger partial charge is 0.178 e. The summed E-state index contributed by atoms with van der Waals surface area (Å²) in [6, 6.07) is 6.21. The maximum atomic E-state index is 13.3. The Hall–Kier alpha value is -1.77. The number of fused-ring (bicyclic) bond motifs is 1. The molecular weight excluding hydrogens is 181 g/mol. The third-order valence-electron chi connectivity index (χ3n) is 2.09. The van der Waals surface area contributed by atoms with Gasteiger partial charge in [-0.05, 0) is 12.1 Å². The number of carbonyl (C=O) groups is 1. The Morgan fingerprint density at radius 2 is 2.07 bits per heavy atom. The molecular formula is C11H8FNO. The molecule has 0 radical (unpaired) electrons. The molecule has 3 heteroatoms. The van der Waals surface area contributed by atoms with Gasteiger partial charge in [-0.15, -0.1) is 0 Å². The van der Waals surface area contributed by atoms with E-state index in [1.165, 1.54) is 19.2 Å². The molecule has 2 aromatic rings. The van der Waals surface area contributed by atoms with Crippen LogP contribution in [0, 0.1) is 5.82 Å². The van der Waals surface area contributed by atoms with E-state index < -0.39 is 0 Å². The van der Waals surface area contributed by atoms with Gasteiger partial charge in [0.25, 0.3) is 0 Å². The van der Waals surface area contributed by atoms with E-state index in [-0.39, 0.29) is 11.6 Å². The highest BCUT2D eigenvalue weighted by Gasteiger charge is 2.08. The third kappa shape index (κ3) is 1.27. The van der Waals surface area contributed by atoms with Crippen molar-refractivity contribution in [3.63, 3.8) is 0 Å². The summed E-state index contributed by atoms with van der Waals surface area (Å²) < 4.78 is 13.3. The van der Waals surface area contributed by atoms with Crippen LogP contribution in [0.4, 0.5) is 4.39 Å². The molecule has 0 atom stereocenters. The highest BCUT2D eigenvalue weighted by atomic mass is 19.1. The number of aromatic nitrogens is 1. The largest absolute Gasteiger partial charge is 0.293 e. The fraction of sp³-hybridized carbons (Fsp3) is 0.0909. The van der Waals surface area contributed by atoms with Gasteiger partial charge in [0.05, 0.1) is 0 Å². The molecule has 0 spiro atoms. The molecule has 2 rings (SSSR count). The summed E-state index contributed by atoms with van der Waals surface area (Å²) in [5, 5.41) is 1.01. The number of hydrogen-bond donors (Lipinski definition) is 0. The van der Waals surface area contributed by atoms with Gasteiger partial charge in [-0.1, -0.05) is 12.1 Å². The van der Waals surface area contributed by atoms with Crippen LogP contribution in [-0.2, 0) is 0 Å². The van der Waals surface area contributed by atoms with Crippen molar-refractivity contribution in [2.45, 2.75) is 6.92 Å². The maximum Gasteiger partial charge on any atom is 0.178 e. The zero-order chi connectivity index (χ0) is 10.1. The normalized spacial score (nSPS) is 10.4. The van der Waals surface area contributed by atoms with Crippen LogP contribution in [0.1, 0.15) is 17.4 Å². The van der Waals surface area contributed by atoms with E-state index >= 15 is 0 Å². The number of carbonyl (C=O) groups excluding carboxylic acids is 1. The van der Waals surface area contributed by atoms with E-state index in [2.05, 4.69) is 4.98 Å². The van der Waals surface area contributed by atoms with Gasteiger partial charge in [0.15, 0.2) is 5.78 Å². The molecule has 0 saturated carbocycles. The first kappa shape index (κ1) is 8.81. The molecule has 0 unspecified atom stereocenters. The summed E-state index contributed by atoms with van der Waals surface area (Å²) in [5.74, 6) is -0.478. The lowest BCUT2D eigenvalue weighted by Crippen LogP contribution is -1.97. The van der Waals surface area contributed by atoms with E-state index in [1.807, 2.05) is 0 Å². The Kier molecular flexibility index (Phi) is 2.00. The van der Waals surface area contributed by atoms with Crippen molar-refractivity contribution in [2.24, 2.45) is 0 Å². The van der Waals surface area contributed by atoms with Crippen molar-refractivity contribution < 1.29 is 9.18 Å². The summed E-state index contributed by atoms with van der Waals surface area (Å²) in [6.07, 6.45) is 1.45. The molecule has 0 amide bonds. The Bertz CT molecular complexity index is 508. The standard InChI is InChI=1S/C11H8FNO/c1-7(14)11-9-3-2-4-10(12)8(9)5-6-13-11/h2-6H,1H3. The van der Waals surface area contributed by atoms with Crippen molar-refractivity contribution in [1.29, 1.82) is 0 Å². The first-order chi connectivity index (χ1) is 6.70. The molecule has 0 aliphatic heterocycles. The van der Waals surface area contributed by atoms with Crippen LogP contribution in [0.3, 0.4) is 0 Å². The van der Waals surface area contributed by atoms with Crippen LogP contribution in [0.15, 0.2) is 30.5 Å². The molecule has 1 heterocycles. The van der Waals surface area contributed by atoms with Gasteiger partial charge in [0.1, 0.15) is 11.5 Å². The first-order valence-corrected chi connectivity index (χ1v) is 4.24. The summed E-state index contributed by atoms with van der Waals surface area (Å²) in [6.45, 7) is 1.42. The topological polar surface area (TPSA) is 30.0 Å². The van der Waals surface area contributed by atoms with Crippen LogP contribution in [0.5, 0.6) is 0 Å². The average molecular weight is 189 g/mol. The Labute approximate surface area is 80.4 Å². The number of pyridine rings is 1. The van der Waals surface area contributed by atoms with Crippen molar-refractivity contribution in [3.8, 4) is 0 Å². The van der Waals surface area contributed by atoms with E-state index in [4.69, 9.17) is 0 Å². The van der Waals surface area contributed by atoms with Crippen LogP contribution in [0.2, 0.25) is 0 Å².